The first-order valence-corrected chi connectivity index (χ1v) is 9.65. The maximum absolute atomic E-state index is 12.6. The van der Waals surface area contributed by atoms with E-state index in [-0.39, 0.29) is 5.56 Å². The molecule has 0 aliphatic rings. The molecule has 162 valence electrons. The molecule has 0 amide bonds. The number of ether oxygens (including phenoxy) is 1. The minimum Gasteiger partial charge on any atom is -0.406 e. The summed E-state index contributed by atoms with van der Waals surface area (Å²) in [6.45, 7) is 5.54. The van der Waals surface area contributed by atoms with Crippen molar-refractivity contribution >= 4 is 11.0 Å². The summed E-state index contributed by atoms with van der Waals surface area (Å²) >= 11 is 0. The standard InChI is InChI=1S/C22H20F3N3O3/c1-4-17-19(20(29)13-6-5-7-15(8-13)30-22(23,24)25)16-9-14(10-26-21(16)27-17)18-11(2)28-31-12(18)3/h5-10,20,29H,4H2,1-3H3,(H,26,27). The first kappa shape index (κ1) is 20.9. The highest BCUT2D eigenvalue weighted by molar-refractivity contribution is 5.87. The fourth-order valence-corrected chi connectivity index (χ4v) is 3.81. The lowest BCUT2D eigenvalue weighted by Gasteiger charge is -2.15. The number of nitrogens with one attached hydrogen (secondary N) is 1. The van der Waals surface area contributed by atoms with Crippen molar-refractivity contribution in [3.63, 3.8) is 0 Å². The molecule has 0 aliphatic carbocycles. The van der Waals surface area contributed by atoms with E-state index >= 15 is 0 Å². The van der Waals surface area contributed by atoms with Crippen molar-refractivity contribution in [1.29, 1.82) is 0 Å². The van der Waals surface area contributed by atoms with Gasteiger partial charge in [-0.2, -0.15) is 0 Å². The number of aliphatic hydroxyl groups excluding tert-OH is 1. The zero-order chi connectivity index (χ0) is 22.3. The third-order valence-corrected chi connectivity index (χ3v) is 5.13. The van der Waals surface area contributed by atoms with Crippen molar-refractivity contribution in [2.45, 2.75) is 39.7 Å². The van der Waals surface area contributed by atoms with Gasteiger partial charge in [-0.25, -0.2) is 4.98 Å². The van der Waals surface area contributed by atoms with Gasteiger partial charge in [-0.3, -0.25) is 0 Å². The normalized spacial score (nSPS) is 13.0. The highest BCUT2D eigenvalue weighted by Crippen LogP contribution is 2.36. The molecule has 1 aromatic carbocycles. The van der Waals surface area contributed by atoms with Gasteiger partial charge in [0.1, 0.15) is 23.3 Å². The first-order chi connectivity index (χ1) is 14.7. The Hall–Kier alpha value is -3.33. The van der Waals surface area contributed by atoms with Crippen LogP contribution in [0.15, 0.2) is 41.1 Å². The van der Waals surface area contributed by atoms with Gasteiger partial charge in [-0.1, -0.05) is 24.2 Å². The largest absolute Gasteiger partial charge is 0.573 e. The molecule has 0 radical (unpaired) electrons. The number of hydrogen-bond donors (Lipinski definition) is 2. The number of aryl methyl sites for hydroxylation is 3. The van der Waals surface area contributed by atoms with Crippen molar-refractivity contribution in [1.82, 2.24) is 15.1 Å². The van der Waals surface area contributed by atoms with Crippen molar-refractivity contribution < 1.29 is 27.5 Å². The van der Waals surface area contributed by atoms with Crippen LogP contribution < -0.4 is 4.74 Å². The summed E-state index contributed by atoms with van der Waals surface area (Å²) in [7, 11) is 0. The molecule has 0 aliphatic heterocycles. The number of pyridine rings is 1. The van der Waals surface area contributed by atoms with E-state index in [1.807, 2.05) is 19.9 Å². The number of H-pyrrole nitrogens is 1. The Morgan fingerprint density at radius 3 is 2.65 bits per heavy atom. The summed E-state index contributed by atoms with van der Waals surface area (Å²) in [5.74, 6) is 0.250. The summed E-state index contributed by atoms with van der Waals surface area (Å²) in [5, 5.41) is 15.8. The molecule has 4 rings (SSSR count). The summed E-state index contributed by atoms with van der Waals surface area (Å²) in [5.41, 5.74) is 4.45. The molecule has 1 unspecified atom stereocenters. The summed E-state index contributed by atoms with van der Waals surface area (Å²) in [6, 6.07) is 7.21. The van der Waals surface area contributed by atoms with E-state index in [9.17, 15) is 18.3 Å². The van der Waals surface area contributed by atoms with Crippen LogP contribution in [0.5, 0.6) is 5.75 Å². The quantitative estimate of drug-likeness (QED) is 0.443. The van der Waals surface area contributed by atoms with Crippen LogP contribution in [0.4, 0.5) is 13.2 Å². The molecule has 31 heavy (non-hydrogen) atoms. The van der Waals surface area contributed by atoms with Crippen molar-refractivity contribution in [2.75, 3.05) is 0 Å². The Balaban J connectivity index is 1.83. The zero-order valence-electron chi connectivity index (χ0n) is 17.0. The predicted molar refractivity (Wildman–Crippen MR) is 108 cm³/mol. The van der Waals surface area contributed by atoms with Gasteiger partial charge in [0.2, 0.25) is 0 Å². The van der Waals surface area contributed by atoms with Crippen LogP contribution in [0.25, 0.3) is 22.2 Å². The summed E-state index contributed by atoms with van der Waals surface area (Å²) in [6.07, 6.45) is -3.73. The van der Waals surface area contributed by atoms with Crippen LogP contribution >= 0.6 is 0 Å². The smallest absolute Gasteiger partial charge is 0.406 e. The number of rotatable bonds is 5. The minimum atomic E-state index is -4.81. The van der Waals surface area contributed by atoms with Crippen molar-refractivity contribution in [2.24, 2.45) is 0 Å². The van der Waals surface area contributed by atoms with Gasteiger partial charge in [0.15, 0.2) is 0 Å². The fraction of sp³-hybridized carbons (Fsp3) is 0.273. The van der Waals surface area contributed by atoms with Gasteiger partial charge in [-0.15, -0.1) is 13.2 Å². The average molecular weight is 431 g/mol. The second kappa shape index (κ2) is 7.73. The molecule has 1 atom stereocenters. The molecule has 2 N–H and O–H groups in total. The molecule has 0 bridgehead atoms. The highest BCUT2D eigenvalue weighted by Gasteiger charge is 2.31. The third-order valence-electron chi connectivity index (χ3n) is 5.13. The van der Waals surface area contributed by atoms with Crippen LogP contribution in [-0.4, -0.2) is 26.6 Å². The summed E-state index contributed by atoms with van der Waals surface area (Å²) < 4.78 is 47.1. The van der Waals surface area contributed by atoms with Crippen molar-refractivity contribution in [3.05, 3.63) is 64.8 Å². The lowest BCUT2D eigenvalue weighted by Crippen LogP contribution is -2.17. The van der Waals surface area contributed by atoms with Gasteiger partial charge in [0.25, 0.3) is 0 Å². The second-order valence-corrected chi connectivity index (χ2v) is 7.21. The molecule has 9 heteroatoms. The van der Waals surface area contributed by atoms with Gasteiger partial charge >= 0.3 is 6.36 Å². The second-order valence-electron chi connectivity index (χ2n) is 7.21. The summed E-state index contributed by atoms with van der Waals surface area (Å²) in [4.78, 5) is 7.68. The monoisotopic (exact) mass is 431 g/mol. The highest BCUT2D eigenvalue weighted by atomic mass is 19.4. The van der Waals surface area contributed by atoms with E-state index in [0.29, 0.717) is 34.5 Å². The maximum Gasteiger partial charge on any atom is 0.573 e. The molecule has 0 saturated heterocycles. The number of nitrogens with zero attached hydrogens (tertiary/aromatic N) is 2. The predicted octanol–water partition coefficient (Wildman–Crippen LogP) is 5.38. The molecular weight excluding hydrogens is 411 g/mol. The average Bonchev–Trinajstić information content (AvgIpc) is 3.25. The fourth-order valence-electron chi connectivity index (χ4n) is 3.81. The number of halogens is 3. The minimum absolute atomic E-state index is 0.278. The van der Waals surface area contributed by atoms with Crippen molar-refractivity contribution in [3.8, 4) is 16.9 Å². The molecule has 6 nitrogen and oxygen atoms in total. The van der Waals surface area contributed by atoms with Crippen LogP contribution in [0.1, 0.15) is 41.3 Å². The van der Waals surface area contributed by atoms with Gasteiger partial charge in [0.05, 0.1) is 5.69 Å². The molecule has 3 heterocycles. The molecule has 0 fully saturated rings. The molecule has 3 aromatic heterocycles. The SMILES string of the molecule is CCc1[nH]c2ncc(-c3c(C)noc3C)cc2c1C(O)c1cccc(OC(F)(F)F)c1. The number of hydrogen-bond acceptors (Lipinski definition) is 5. The van der Waals surface area contributed by atoms with E-state index in [4.69, 9.17) is 4.52 Å². The molecular formula is C22H20F3N3O3. The van der Waals surface area contributed by atoms with Gasteiger partial charge in [-0.05, 0) is 44.0 Å². The van der Waals surface area contributed by atoms with Crippen LogP contribution in [-0.2, 0) is 6.42 Å². The Labute approximate surface area is 175 Å². The lowest BCUT2D eigenvalue weighted by atomic mass is 9.96. The molecule has 0 saturated carbocycles. The van der Waals surface area contributed by atoms with E-state index in [1.54, 1.807) is 19.2 Å². The Morgan fingerprint density at radius 2 is 2.00 bits per heavy atom. The number of aromatic amines is 1. The Kier molecular flexibility index (Phi) is 5.22. The third kappa shape index (κ3) is 4.00. The van der Waals surface area contributed by atoms with Gasteiger partial charge in [0, 0.05) is 34.0 Å². The van der Waals surface area contributed by atoms with Crippen LogP contribution in [0.3, 0.4) is 0 Å². The number of benzene rings is 1. The van der Waals surface area contributed by atoms with Gasteiger partial charge < -0.3 is 19.4 Å². The zero-order valence-corrected chi connectivity index (χ0v) is 17.0. The van der Waals surface area contributed by atoms with E-state index in [0.717, 1.165) is 16.8 Å². The van der Waals surface area contributed by atoms with E-state index in [2.05, 4.69) is 19.9 Å². The van der Waals surface area contributed by atoms with Crippen LogP contribution in [0.2, 0.25) is 0 Å². The Morgan fingerprint density at radius 1 is 1.23 bits per heavy atom. The topological polar surface area (TPSA) is 84.2 Å². The number of alkyl halides is 3. The number of aliphatic hydroxyl groups is 1. The molecule has 4 aromatic rings. The number of aromatic nitrogens is 3. The molecule has 0 spiro atoms. The maximum atomic E-state index is 12.6. The number of fused-ring (bicyclic) bond motifs is 1. The lowest BCUT2D eigenvalue weighted by molar-refractivity contribution is -0.274. The van der Waals surface area contributed by atoms with E-state index < -0.39 is 18.2 Å². The van der Waals surface area contributed by atoms with E-state index in [1.165, 1.54) is 18.2 Å². The first-order valence-electron chi connectivity index (χ1n) is 9.65. The van der Waals surface area contributed by atoms with Crippen LogP contribution in [0, 0.1) is 13.8 Å². The Bertz CT molecular complexity index is 1220.